The van der Waals surface area contributed by atoms with Crippen molar-refractivity contribution in [1.82, 2.24) is 9.97 Å². The van der Waals surface area contributed by atoms with E-state index in [2.05, 4.69) is 9.97 Å². The average Bonchev–Trinajstić information content (AvgIpc) is 2.17. The molecule has 0 radical (unpaired) electrons. The van der Waals surface area contributed by atoms with Crippen molar-refractivity contribution < 1.29 is 9.47 Å². The fraction of sp³-hybridized carbons (Fsp3) is 0.556. The molecule has 1 rings (SSSR count). The summed E-state index contributed by atoms with van der Waals surface area (Å²) in [5.74, 6) is 1.18. The highest BCUT2D eigenvalue weighted by Gasteiger charge is 2.02. The van der Waals surface area contributed by atoms with Gasteiger partial charge < -0.3 is 9.47 Å². The Kier molecular flexibility index (Phi) is 4.62. The summed E-state index contributed by atoms with van der Waals surface area (Å²) in [5, 5.41) is 0.407. The fourth-order valence-corrected chi connectivity index (χ4v) is 1.09. The highest BCUT2D eigenvalue weighted by atomic mass is 35.5. The van der Waals surface area contributed by atoms with Crippen molar-refractivity contribution in [3.63, 3.8) is 0 Å². The Morgan fingerprint density at radius 3 is 2.79 bits per heavy atom. The van der Waals surface area contributed by atoms with Gasteiger partial charge in [0, 0.05) is 19.6 Å². The maximum atomic E-state index is 5.78. The predicted molar refractivity (Wildman–Crippen MR) is 53.8 cm³/mol. The highest BCUT2D eigenvalue weighted by Crippen LogP contribution is 2.13. The minimum absolute atomic E-state index is 0.407. The minimum Gasteiger partial charge on any atom is -0.475 e. The Balaban J connectivity index is 2.62. The zero-order chi connectivity index (χ0) is 10.4. The number of hydrogen-bond donors (Lipinski definition) is 0. The monoisotopic (exact) mass is 216 g/mol. The number of hydrogen-bond acceptors (Lipinski definition) is 4. The molecule has 0 saturated heterocycles. The molecule has 0 aliphatic heterocycles. The molecule has 1 heterocycles. The number of ether oxygens (including phenoxy) is 2. The molecule has 0 aromatic carbocycles. The van der Waals surface area contributed by atoms with Gasteiger partial charge >= 0.3 is 0 Å². The topological polar surface area (TPSA) is 44.2 Å². The van der Waals surface area contributed by atoms with Crippen LogP contribution >= 0.6 is 11.6 Å². The molecule has 0 saturated carbocycles. The molecule has 0 fully saturated rings. The van der Waals surface area contributed by atoms with Gasteiger partial charge in [0.25, 0.3) is 0 Å². The number of halogens is 1. The summed E-state index contributed by atoms with van der Waals surface area (Å²) in [7, 11) is 1.62. The van der Waals surface area contributed by atoms with Crippen molar-refractivity contribution in [3.8, 4) is 5.88 Å². The molecular formula is C9H13ClN2O2. The van der Waals surface area contributed by atoms with Gasteiger partial charge in [-0.2, -0.15) is 4.98 Å². The number of aryl methyl sites for hydroxylation is 1. The van der Waals surface area contributed by atoms with E-state index in [9.17, 15) is 0 Å². The van der Waals surface area contributed by atoms with Crippen LogP contribution in [0.5, 0.6) is 5.88 Å². The second kappa shape index (κ2) is 5.78. The van der Waals surface area contributed by atoms with Gasteiger partial charge in [0.1, 0.15) is 17.6 Å². The summed E-state index contributed by atoms with van der Waals surface area (Å²) >= 11 is 5.78. The first-order valence-electron chi connectivity index (χ1n) is 4.41. The van der Waals surface area contributed by atoms with E-state index >= 15 is 0 Å². The smallest absolute Gasteiger partial charge is 0.218 e. The van der Waals surface area contributed by atoms with E-state index in [4.69, 9.17) is 21.1 Å². The van der Waals surface area contributed by atoms with Crippen molar-refractivity contribution in [2.75, 3.05) is 20.3 Å². The van der Waals surface area contributed by atoms with Crippen LogP contribution in [0.1, 0.15) is 12.7 Å². The molecular weight excluding hydrogens is 204 g/mol. The zero-order valence-corrected chi connectivity index (χ0v) is 9.04. The van der Waals surface area contributed by atoms with E-state index in [1.807, 2.05) is 6.92 Å². The van der Waals surface area contributed by atoms with Crippen molar-refractivity contribution in [3.05, 3.63) is 17.0 Å². The third-order valence-corrected chi connectivity index (χ3v) is 1.76. The molecule has 0 aliphatic rings. The van der Waals surface area contributed by atoms with Crippen molar-refractivity contribution in [1.29, 1.82) is 0 Å². The van der Waals surface area contributed by atoms with Gasteiger partial charge in [-0.25, -0.2) is 4.98 Å². The summed E-state index contributed by atoms with van der Waals surface area (Å²) in [5.41, 5.74) is 0. The molecule has 0 spiro atoms. The molecule has 0 N–H and O–H groups in total. The summed E-state index contributed by atoms with van der Waals surface area (Å²) in [4.78, 5) is 8.17. The number of aromatic nitrogens is 2. The second-order valence-electron chi connectivity index (χ2n) is 2.64. The highest BCUT2D eigenvalue weighted by molar-refractivity contribution is 6.29. The fourth-order valence-electron chi connectivity index (χ4n) is 0.904. The van der Waals surface area contributed by atoms with Gasteiger partial charge in [0.05, 0.1) is 6.61 Å². The van der Waals surface area contributed by atoms with Crippen LogP contribution in [0.25, 0.3) is 0 Å². The minimum atomic E-state index is 0.407. The first kappa shape index (κ1) is 11.2. The maximum absolute atomic E-state index is 5.78. The van der Waals surface area contributed by atoms with Gasteiger partial charge in [-0.1, -0.05) is 18.5 Å². The largest absolute Gasteiger partial charge is 0.475 e. The Hall–Kier alpha value is -0.870. The Morgan fingerprint density at radius 1 is 1.36 bits per heavy atom. The lowest BCUT2D eigenvalue weighted by Crippen LogP contribution is -2.06. The molecule has 0 atom stereocenters. The van der Waals surface area contributed by atoms with Gasteiger partial charge in [-0.05, 0) is 0 Å². The zero-order valence-electron chi connectivity index (χ0n) is 8.29. The third kappa shape index (κ3) is 3.47. The third-order valence-electron chi connectivity index (χ3n) is 1.57. The summed E-state index contributed by atoms with van der Waals surface area (Å²) in [6, 6.07) is 1.59. The standard InChI is InChI=1S/C9H13ClN2O2/c1-3-8-11-7(10)6-9(12-8)14-5-4-13-2/h6H,3-5H2,1-2H3. The van der Waals surface area contributed by atoms with Crippen LogP contribution in [0, 0.1) is 0 Å². The second-order valence-corrected chi connectivity index (χ2v) is 3.03. The van der Waals surface area contributed by atoms with Crippen LogP contribution in [0.2, 0.25) is 5.15 Å². The molecule has 14 heavy (non-hydrogen) atoms. The SMILES string of the molecule is CCc1nc(Cl)cc(OCCOC)n1. The van der Waals surface area contributed by atoms with Crippen LogP contribution in [-0.4, -0.2) is 30.3 Å². The molecule has 1 aromatic rings. The lowest BCUT2D eigenvalue weighted by atomic mass is 10.4. The summed E-state index contributed by atoms with van der Waals surface area (Å²) in [6.45, 7) is 2.96. The van der Waals surface area contributed by atoms with Crippen LogP contribution in [-0.2, 0) is 11.2 Å². The Bertz CT molecular complexity index is 294. The van der Waals surface area contributed by atoms with E-state index in [0.29, 0.717) is 30.1 Å². The molecule has 0 aliphatic carbocycles. The maximum Gasteiger partial charge on any atom is 0.218 e. The van der Waals surface area contributed by atoms with Gasteiger partial charge in [-0.15, -0.1) is 0 Å². The quantitative estimate of drug-likeness (QED) is 0.555. The molecule has 0 bridgehead atoms. The first-order valence-corrected chi connectivity index (χ1v) is 4.79. The van der Waals surface area contributed by atoms with Crippen molar-refractivity contribution in [2.45, 2.75) is 13.3 Å². The molecule has 1 aromatic heterocycles. The normalized spacial score (nSPS) is 10.2. The van der Waals surface area contributed by atoms with Crippen LogP contribution < -0.4 is 4.74 Å². The molecule has 0 unspecified atom stereocenters. The van der Waals surface area contributed by atoms with E-state index in [-0.39, 0.29) is 0 Å². The number of nitrogens with zero attached hydrogens (tertiary/aromatic N) is 2. The number of methoxy groups -OCH3 is 1. The summed E-state index contributed by atoms with van der Waals surface area (Å²) < 4.78 is 10.2. The first-order chi connectivity index (χ1) is 6.76. The summed E-state index contributed by atoms with van der Waals surface area (Å²) in [6.07, 6.45) is 0.737. The van der Waals surface area contributed by atoms with E-state index in [0.717, 1.165) is 6.42 Å². The van der Waals surface area contributed by atoms with E-state index in [1.54, 1.807) is 13.2 Å². The Morgan fingerprint density at radius 2 is 2.14 bits per heavy atom. The molecule has 0 amide bonds. The van der Waals surface area contributed by atoms with Crippen LogP contribution in [0.3, 0.4) is 0 Å². The predicted octanol–water partition coefficient (Wildman–Crippen LogP) is 1.72. The molecule has 4 nitrogen and oxygen atoms in total. The Labute approximate surface area is 88.2 Å². The molecule has 78 valence electrons. The van der Waals surface area contributed by atoms with Gasteiger partial charge in [0.15, 0.2) is 0 Å². The average molecular weight is 217 g/mol. The van der Waals surface area contributed by atoms with Crippen molar-refractivity contribution >= 4 is 11.6 Å². The lowest BCUT2D eigenvalue weighted by Gasteiger charge is -2.05. The van der Waals surface area contributed by atoms with Crippen LogP contribution in [0.4, 0.5) is 0 Å². The molecule has 5 heteroatoms. The van der Waals surface area contributed by atoms with Crippen molar-refractivity contribution in [2.24, 2.45) is 0 Å². The van der Waals surface area contributed by atoms with Gasteiger partial charge in [0.2, 0.25) is 5.88 Å². The van der Waals surface area contributed by atoms with Crippen LogP contribution in [0.15, 0.2) is 6.07 Å². The van der Waals surface area contributed by atoms with E-state index < -0.39 is 0 Å². The van der Waals surface area contributed by atoms with Gasteiger partial charge in [-0.3, -0.25) is 0 Å². The van der Waals surface area contributed by atoms with E-state index in [1.165, 1.54) is 0 Å². The lowest BCUT2D eigenvalue weighted by molar-refractivity contribution is 0.143. The number of rotatable bonds is 5.